The summed E-state index contributed by atoms with van der Waals surface area (Å²) in [6, 6.07) is 20.6. The predicted octanol–water partition coefficient (Wildman–Crippen LogP) is 5.87. The molecule has 0 radical (unpaired) electrons. The van der Waals surface area contributed by atoms with Crippen LogP contribution in [0.3, 0.4) is 0 Å². The van der Waals surface area contributed by atoms with Gasteiger partial charge in [-0.05, 0) is 74.2 Å². The van der Waals surface area contributed by atoms with Gasteiger partial charge in [-0.15, -0.1) is 0 Å². The zero-order chi connectivity index (χ0) is 23.8. The van der Waals surface area contributed by atoms with E-state index in [1.807, 2.05) is 35.2 Å². The summed E-state index contributed by atoms with van der Waals surface area (Å²) in [5.41, 5.74) is 7.82. The van der Waals surface area contributed by atoms with Crippen LogP contribution in [0.15, 0.2) is 60.7 Å². The molecular weight excluding hydrogens is 422 g/mol. The highest BCUT2D eigenvalue weighted by atomic mass is 16.5. The van der Waals surface area contributed by atoms with E-state index >= 15 is 0 Å². The highest BCUT2D eigenvalue weighted by Gasteiger charge is 2.35. The molecule has 34 heavy (non-hydrogen) atoms. The lowest BCUT2D eigenvalue weighted by Gasteiger charge is -2.21. The first-order chi connectivity index (χ1) is 16.4. The third-order valence-corrected chi connectivity index (χ3v) is 6.95. The zero-order valence-corrected chi connectivity index (χ0v) is 20.3. The van der Waals surface area contributed by atoms with E-state index in [-0.39, 0.29) is 11.8 Å². The first-order valence-electron chi connectivity index (χ1n) is 11.9. The van der Waals surface area contributed by atoms with Gasteiger partial charge in [0.1, 0.15) is 18.2 Å². The van der Waals surface area contributed by atoms with Gasteiger partial charge in [-0.2, -0.15) is 0 Å². The highest BCUT2D eigenvalue weighted by Crippen LogP contribution is 2.36. The number of ether oxygens (including phenoxy) is 1. The Morgan fingerprint density at radius 3 is 2.44 bits per heavy atom. The molecule has 1 atom stereocenters. The lowest BCUT2D eigenvalue weighted by molar-refractivity contribution is -0.117. The number of para-hydroxylation sites is 3. The molecule has 5 nitrogen and oxygen atoms in total. The fourth-order valence-electron chi connectivity index (χ4n) is 5.03. The quantitative estimate of drug-likeness (QED) is 0.367. The standard InChI is InChI=1S/C29H31N3O2/c1-19-12-13-24(16-22(19)4)34-15-14-31-26-11-6-5-10-25(26)30-29(31)23-17-27(33)32(18-23)28-20(2)8-7-9-21(28)3/h5-13,16,23H,14-15,17-18H2,1-4H3/t23-/m0/s1. The largest absolute Gasteiger partial charge is 0.492 e. The number of carbonyl (C=O) groups excluding carboxylic acids is 1. The molecular formula is C29H31N3O2. The van der Waals surface area contributed by atoms with Gasteiger partial charge in [0.05, 0.1) is 17.6 Å². The third kappa shape index (κ3) is 4.07. The summed E-state index contributed by atoms with van der Waals surface area (Å²) in [6.07, 6.45) is 0.467. The Labute approximate surface area is 201 Å². The Morgan fingerprint density at radius 1 is 0.912 bits per heavy atom. The second-order valence-corrected chi connectivity index (χ2v) is 9.35. The topological polar surface area (TPSA) is 47.4 Å². The molecule has 1 amide bonds. The van der Waals surface area contributed by atoms with E-state index in [1.54, 1.807) is 0 Å². The van der Waals surface area contributed by atoms with Gasteiger partial charge >= 0.3 is 0 Å². The average molecular weight is 454 g/mol. The van der Waals surface area contributed by atoms with Gasteiger partial charge < -0.3 is 14.2 Å². The van der Waals surface area contributed by atoms with E-state index in [0.29, 0.717) is 26.1 Å². The van der Waals surface area contributed by atoms with Crippen LogP contribution >= 0.6 is 0 Å². The lowest BCUT2D eigenvalue weighted by Crippen LogP contribution is -2.26. The van der Waals surface area contributed by atoms with Crippen molar-refractivity contribution >= 4 is 22.6 Å². The van der Waals surface area contributed by atoms with Gasteiger partial charge in [-0.25, -0.2) is 4.98 Å². The van der Waals surface area contributed by atoms with Crippen LogP contribution in [0.1, 0.15) is 40.4 Å². The van der Waals surface area contributed by atoms with Gasteiger partial charge in [-0.1, -0.05) is 36.4 Å². The number of imidazole rings is 1. The summed E-state index contributed by atoms with van der Waals surface area (Å²) in [6.45, 7) is 10.2. The zero-order valence-electron chi connectivity index (χ0n) is 20.3. The van der Waals surface area contributed by atoms with Crippen LogP contribution in [0.25, 0.3) is 11.0 Å². The van der Waals surface area contributed by atoms with Crippen LogP contribution < -0.4 is 9.64 Å². The molecule has 2 heterocycles. The fraction of sp³-hybridized carbons (Fsp3) is 0.310. The number of benzene rings is 3. The van der Waals surface area contributed by atoms with Gasteiger partial charge in [0.2, 0.25) is 5.91 Å². The molecule has 5 rings (SSSR count). The van der Waals surface area contributed by atoms with Crippen LogP contribution in [-0.4, -0.2) is 28.6 Å². The molecule has 0 aliphatic carbocycles. The number of aromatic nitrogens is 2. The van der Waals surface area contributed by atoms with Crippen molar-refractivity contribution in [1.82, 2.24) is 9.55 Å². The van der Waals surface area contributed by atoms with Crippen molar-refractivity contribution in [3.05, 3.63) is 88.7 Å². The molecule has 0 unspecified atom stereocenters. The average Bonchev–Trinajstić information content (AvgIpc) is 3.37. The van der Waals surface area contributed by atoms with Crippen LogP contribution in [0.2, 0.25) is 0 Å². The molecule has 1 saturated heterocycles. The Hall–Kier alpha value is -3.60. The number of amides is 1. The van der Waals surface area contributed by atoms with E-state index in [4.69, 9.17) is 9.72 Å². The summed E-state index contributed by atoms with van der Waals surface area (Å²) in [7, 11) is 0. The second kappa shape index (κ2) is 8.98. The molecule has 0 spiro atoms. The molecule has 1 aromatic heterocycles. The Bertz CT molecular complexity index is 1350. The number of rotatable bonds is 6. The maximum absolute atomic E-state index is 13.1. The van der Waals surface area contributed by atoms with Crippen molar-refractivity contribution in [2.75, 3.05) is 18.1 Å². The summed E-state index contributed by atoms with van der Waals surface area (Å²) >= 11 is 0. The maximum atomic E-state index is 13.1. The third-order valence-electron chi connectivity index (χ3n) is 6.95. The Morgan fingerprint density at radius 2 is 1.68 bits per heavy atom. The number of nitrogens with zero attached hydrogens (tertiary/aromatic N) is 3. The number of hydrogen-bond acceptors (Lipinski definition) is 3. The predicted molar refractivity (Wildman–Crippen MR) is 137 cm³/mol. The molecule has 3 aromatic carbocycles. The van der Waals surface area contributed by atoms with E-state index in [1.165, 1.54) is 11.1 Å². The fourth-order valence-corrected chi connectivity index (χ4v) is 5.03. The number of hydrogen-bond donors (Lipinski definition) is 0. The van der Waals surface area contributed by atoms with E-state index < -0.39 is 0 Å². The Balaban J connectivity index is 1.42. The second-order valence-electron chi connectivity index (χ2n) is 9.35. The summed E-state index contributed by atoms with van der Waals surface area (Å²) < 4.78 is 8.34. The molecule has 5 heteroatoms. The molecule has 0 saturated carbocycles. The minimum Gasteiger partial charge on any atom is -0.492 e. The summed E-state index contributed by atoms with van der Waals surface area (Å²) in [5, 5.41) is 0. The van der Waals surface area contributed by atoms with E-state index in [2.05, 4.69) is 62.6 Å². The highest BCUT2D eigenvalue weighted by molar-refractivity contribution is 5.98. The number of aryl methyl sites for hydroxylation is 4. The van der Waals surface area contributed by atoms with Gasteiger partial charge in [0.25, 0.3) is 0 Å². The minimum absolute atomic E-state index is 0.0422. The molecule has 1 fully saturated rings. The van der Waals surface area contributed by atoms with Crippen LogP contribution in [0, 0.1) is 27.7 Å². The Kier molecular flexibility index (Phi) is 5.86. The van der Waals surface area contributed by atoms with Crippen LogP contribution in [-0.2, 0) is 11.3 Å². The van der Waals surface area contributed by atoms with Crippen molar-refractivity contribution in [2.24, 2.45) is 0 Å². The van der Waals surface area contributed by atoms with Gasteiger partial charge in [0, 0.05) is 24.6 Å². The minimum atomic E-state index is 0.0422. The van der Waals surface area contributed by atoms with Crippen molar-refractivity contribution in [3.8, 4) is 5.75 Å². The molecule has 0 bridgehead atoms. The monoisotopic (exact) mass is 453 g/mol. The smallest absolute Gasteiger partial charge is 0.227 e. The molecule has 1 aliphatic rings. The van der Waals surface area contributed by atoms with E-state index in [0.717, 1.165) is 39.4 Å². The van der Waals surface area contributed by atoms with Crippen molar-refractivity contribution in [2.45, 2.75) is 46.6 Å². The first-order valence-corrected chi connectivity index (χ1v) is 11.9. The first kappa shape index (κ1) is 22.2. The van der Waals surface area contributed by atoms with Crippen molar-refractivity contribution in [3.63, 3.8) is 0 Å². The lowest BCUT2D eigenvalue weighted by atomic mass is 10.1. The van der Waals surface area contributed by atoms with Crippen molar-refractivity contribution < 1.29 is 9.53 Å². The van der Waals surface area contributed by atoms with Crippen molar-refractivity contribution in [1.29, 1.82) is 0 Å². The normalized spacial score (nSPS) is 15.9. The molecule has 0 N–H and O–H groups in total. The summed E-state index contributed by atoms with van der Waals surface area (Å²) in [5.74, 6) is 2.05. The van der Waals surface area contributed by atoms with Gasteiger partial charge in [0.15, 0.2) is 0 Å². The van der Waals surface area contributed by atoms with Crippen LogP contribution in [0.5, 0.6) is 5.75 Å². The SMILES string of the molecule is Cc1ccc(OCCn2c([C@H]3CC(=O)N(c4c(C)cccc4C)C3)nc3ccccc32)cc1C. The molecule has 1 aliphatic heterocycles. The maximum Gasteiger partial charge on any atom is 0.227 e. The van der Waals surface area contributed by atoms with Gasteiger partial charge in [-0.3, -0.25) is 4.79 Å². The number of anilines is 1. The molecule has 4 aromatic rings. The summed E-state index contributed by atoms with van der Waals surface area (Å²) in [4.78, 5) is 20.0. The molecule has 174 valence electrons. The van der Waals surface area contributed by atoms with Crippen LogP contribution in [0.4, 0.5) is 5.69 Å². The van der Waals surface area contributed by atoms with E-state index in [9.17, 15) is 4.79 Å². The number of carbonyl (C=O) groups is 1. The number of fused-ring (bicyclic) bond motifs is 1.